The number of pyridine rings is 1. The second-order valence-corrected chi connectivity index (χ2v) is 4.40. The van der Waals surface area contributed by atoms with Gasteiger partial charge in [-0.05, 0) is 25.0 Å². The Bertz CT molecular complexity index is 486. The van der Waals surface area contributed by atoms with E-state index >= 15 is 0 Å². The predicted molar refractivity (Wildman–Crippen MR) is 79.0 cm³/mol. The van der Waals surface area contributed by atoms with Gasteiger partial charge in [-0.15, -0.1) is 0 Å². The summed E-state index contributed by atoms with van der Waals surface area (Å²) in [6, 6.07) is 16.2. The first-order chi connectivity index (χ1) is 9.45. The highest BCUT2D eigenvalue weighted by atomic mass is 127. The van der Waals surface area contributed by atoms with Crippen LogP contribution >= 0.6 is 0 Å². The molecule has 0 saturated carbocycles. The molecule has 106 valence electrons. The molecule has 0 amide bonds. The molecule has 2 rings (SSSR count). The van der Waals surface area contributed by atoms with Crippen LogP contribution in [0.5, 0.6) is 0 Å². The fourth-order valence-electron chi connectivity index (χ4n) is 1.81. The average molecular weight is 381 g/mol. The van der Waals surface area contributed by atoms with Crippen LogP contribution < -0.4 is 34.0 Å². The second-order valence-electron chi connectivity index (χ2n) is 4.40. The molecular formula is C16H20IN3. The van der Waals surface area contributed by atoms with Crippen LogP contribution in [0.2, 0.25) is 0 Å². The maximum atomic E-state index is 4.20. The van der Waals surface area contributed by atoms with E-state index in [-0.39, 0.29) is 24.0 Å². The summed E-state index contributed by atoms with van der Waals surface area (Å²) >= 11 is 0. The summed E-state index contributed by atoms with van der Waals surface area (Å²) in [5.41, 5.74) is 4.04. The molecule has 1 aromatic heterocycles. The van der Waals surface area contributed by atoms with E-state index in [1.54, 1.807) is 0 Å². The van der Waals surface area contributed by atoms with Crippen LogP contribution in [-0.4, -0.2) is 6.21 Å². The molecule has 0 saturated heterocycles. The van der Waals surface area contributed by atoms with Crippen molar-refractivity contribution in [3.63, 3.8) is 0 Å². The van der Waals surface area contributed by atoms with Crippen molar-refractivity contribution in [3.8, 4) is 0 Å². The molecule has 0 spiro atoms. The minimum atomic E-state index is 0. The molecule has 20 heavy (non-hydrogen) atoms. The van der Waals surface area contributed by atoms with Crippen LogP contribution in [0.4, 0.5) is 5.69 Å². The zero-order valence-corrected chi connectivity index (χ0v) is 13.6. The molecule has 0 aliphatic carbocycles. The molecule has 0 unspecified atom stereocenters. The standard InChI is InChI=1S/C16H20N3.HI/c1-4-10-16(11-5-1)18-17-12-6-2-7-13-19-14-8-3-9-15-19;/h1,3-5,8-12,14-15,18H,2,6-7,13H2;1H/q+1;/p-1. The Kier molecular flexibility index (Phi) is 8.62. The topological polar surface area (TPSA) is 28.3 Å². The van der Waals surface area contributed by atoms with Gasteiger partial charge in [-0.1, -0.05) is 24.3 Å². The molecular weight excluding hydrogens is 361 g/mol. The van der Waals surface area contributed by atoms with E-state index in [0.717, 1.165) is 25.1 Å². The number of aryl methyl sites for hydroxylation is 1. The van der Waals surface area contributed by atoms with E-state index in [1.165, 1.54) is 6.42 Å². The summed E-state index contributed by atoms with van der Waals surface area (Å²) in [4.78, 5) is 0. The third kappa shape index (κ3) is 6.65. The van der Waals surface area contributed by atoms with Gasteiger partial charge in [0.15, 0.2) is 12.4 Å². The van der Waals surface area contributed by atoms with Crippen molar-refractivity contribution in [1.82, 2.24) is 0 Å². The van der Waals surface area contributed by atoms with Crippen LogP contribution in [-0.2, 0) is 6.54 Å². The van der Waals surface area contributed by atoms with Crippen LogP contribution in [0, 0.1) is 0 Å². The molecule has 0 radical (unpaired) electrons. The van der Waals surface area contributed by atoms with Gasteiger partial charge in [-0.3, -0.25) is 5.43 Å². The fraction of sp³-hybridized carbons (Fsp3) is 0.250. The second kappa shape index (κ2) is 10.4. The van der Waals surface area contributed by atoms with Crippen LogP contribution in [0.3, 0.4) is 0 Å². The first-order valence-corrected chi connectivity index (χ1v) is 6.72. The Labute approximate surface area is 137 Å². The fourth-order valence-corrected chi connectivity index (χ4v) is 1.81. The molecule has 4 heteroatoms. The Hall–Kier alpha value is -1.43. The van der Waals surface area contributed by atoms with E-state index in [0.29, 0.717) is 0 Å². The SMILES string of the molecule is C(CCCC[n+]1ccccc1)=NNc1ccccc1.[I-]. The summed E-state index contributed by atoms with van der Waals surface area (Å²) in [6.07, 6.45) is 9.49. The molecule has 1 aromatic carbocycles. The van der Waals surface area contributed by atoms with E-state index in [9.17, 15) is 0 Å². The van der Waals surface area contributed by atoms with Gasteiger partial charge >= 0.3 is 0 Å². The van der Waals surface area contributed by atoms with Crippen molar-refractivity contribution < 1.29 is 28.5 Å². The van der Waals surface area contributed by atoms with Gasteiger partial charge < -0.3 is 24.0 Å². The van der Waals surface area contributed by atoms with Crippen molar-refractivity contribution in [3.05, 3.63) is 60.9 Å². The Balaban J connectivity index is 0.00000200. The van der Waals surface area contributed by atoms with Gasteiger partial charge in [0, 0.05) is 24.8 Å². The lowest BCUT2D eigenvalue weighted by atomic mass is 10.2. The highest BCUT2D eigenvalue weighted by Gasteiger charge is 1.96. The molecule has 1 N–H and O–H groups in total. The normalized spacial score (nSPS) is 10.2. The quantitative estimate of drug-likeness (QED) is 0.241. The monoisotopic (exact) mass is 381 g/mol. The van der Waals surface area contributed by atoms with Gasteiger partial charge in [-0.2, -0.15) is 5.10 Å². The van der Waals surface area contributed by atoms with Gasteiger partial charge in [0.2, 0.25) is 0 Å². The number of hydrogen-bond acceptors (Lipinski definition) is 2. The number of unbranched alkanes of at least 4 members (excludes halogenated alkanes) is 2. The zero-order chi connectivity index (χ0) is 13.2. The number of nitrogens with zero attached hydrogens (tertiary/aromatic N) is 2. The van der Waals surface area contributed by atoms with E-state index < -0.39 is 0 Å². The lowest BCUT2D eigenvalue weighted by molar-refractivity contribution is -0.697. The minimum absolute atomic E-state index is 0. The van der Waals surface area contributed by atoms with Gasteiger partial charge in [0.25, 0.3) is 0 Å². The van der Waals surface area contributed by atoms with Crippen molar-refractivity contribution in [1.29, 1.82) is 0 Å². The largest absolute Gasteiger partial charge is 1.00 e. The zero-order valence-electron chi connectivity index (χ0n) is 11.5. The first-order valence-electron chi connectivity index (χ1n) is 6.72. The molecule has 3 nitrogen and oxygen atoms in total. The lowest BCUT2D eigenvalue weighted by Crippen LogP contribution is -3.00. The molecule has 0 fully saturated rings. The number of aromatic nitrogens is 1. The Morgan fingerprint density at radius 3 is 2.40 bits per heavy atom. The molecule has 0 aliphatic heterocycles. The van der Waals surface area contributed by atoms with E-state index in [2.05, 4.69) is 39.6 Å². The first kappa shape index (κ1) is 16.6. The molecule has 0 aliphatic rings. The molecule has 0 bridgehead atoms. The number of nitrogens with one attached hydrogen (secondary N) is 1. The molecule has 0 atom stereocenters. The summed E-state index contributed by atoms with van der Waals surface area (Å²) in [5.74, 6) is 0. The van der Waals surface area contributed by atoms with Crippen molar-refractivity contribution in [2.75, 3.05) is 5.43 Å². The highest BCUT2D eigenvalue weighted by molar-refractivity contribution is 5.59. The number of benzene rings is 1. The maximum absolute atomic E-state index is 4.20. The number of hydrazone groups is 1. The smallest absolute Gasteiger partial charge is 0.168 e. The van der Waals surface area contributed by atoms with Gasteiger partial charge in [-0.25, -0.2) is 4.57 Å². The summed E-state index contributed by atoms with van der Waals surface area (Å²) in [5, 5.41) is 4.20. The van der Waals surface area contributed by atoms with Crippen molar-refractivity contribution >= 4 is 11.9 Å². The average Bonchev–Trinajstić information content (AvgIpc) is 2.48. The highest BCUT2D eigenvalue weighted by Crippen LogP contribution is 2.04. The lowest BCUT2D eigenvalue weighted by Gasteiger charge is -1.98. The number of hydrogen-bond donors (Lipinski definition) is 1. The minimum Gasteiger partial charge on any atom is -1.00 e. The van der Waals surface area contributed by atoms with Gasteiger partial charge in [0.1, 0.15) is 6.54 Å². The summed E-state index contributed by atoms with van der Waals surface area (Å²) in [7, 11) is 0. The number of para-hydroxylation sites is 1. The summed E-state index contributed by atoms with van der Waals surface area (Å²) < 4.78 is 2.21. The van der Waals surface area contributed by atoms with Crippen molar-refractivity contribution in [2.24, 2.45) is 5.10 Å². The van der Waals surface area contributed by atoms with E-state index in [4.69, 9.17) is 0 Å². The van der Waals surface area contributed by atoms with Gasteiger partial charge in [0.05, 0.1) is 5.69 Å². The maximum Gasteiger partial charge on any atom is 0.168 e. The van der Waals surface area contributed by atoms with Crippen LogP contribution in [0.15, 0.2) is 66.0 Å². The van der Waals surface area contributed by atoms with E-state index in [1.807, 2.05) is 42.6 Å². The Morgan fingerprint density at radius 1 is 0.950 bits per heavy atom. The number of halogens is 1. The van der Waals surface area contributed by atoms with Crippen LogP contribution in [0.25, 0.3) is 0 Å². The number of anilines is 1. The molecule has 2 aromatic rings. The third-order valence-corrected chi connectivity index (χ3v) is 2.84. The van der Waals surface area contributed by atoms with Crippen molar-refractivity contribution in [2.45, 2.75) is 25.8 Å². The predicted octanol–water partition coefficient (Wildman–Crippen LogP) is 0.246. The number of rotatable bonds is 7. The third-order valence-electron chi connectivity index (χ3n) is 2.84. The van der Waals surface area contributed by atoms with Crippen LogP contribution in [0.1, 0.15) is 19.3 Å². The molecule has 1 heterocycles. The summed E-state index contributed by atoms with van der Waals surface area (Å²) in [6.45, 7) is 1.07. The Morgan fingerprint density at radius 2 is 1.65 bits per heavy atom.